The highest BCUT2D eigenvalue weighted by Gasteiger charge is 2.25. The summed E-state index contributed by atoms with van der Waals surface area (Å²) in [5, 5.41) is 7.40. The van der Waals surface area contributed by atoms with E-state index in [0.29, 0.717) is 33.6 Å². The molecule has 5 aromatic rings. The molecule has 5 rings (SSSR count). The van der Waals surface area contributed by atoms with Crippen molar-refractivity contribution in [3.63, 3.8) is 0 Å². The standard InChI is InChI=1S/C26H23N7O3/c1-15(34)14-17-8-6-11-19-20(17)26(36)33(18-9-4-3-5-10-18)23(30-19)16(2)29-25(35)21-22(27)31-32-13-7-12-28-24(21)32/h3-13,16H,14H2,1-2H3,(H2,27,31)(H,29,35)/t16-/m0/s1. The number of aromatic nitrogens is 5. The molecule has 180 valence electrons. The molecule has 0 unspecified atom stereocenters. The van der Waals surface area contributed by atoms with Crippen LogP contribution in [0.2, 0.25) is 0 Å². The van der Waals surface area contributed by atoms with Gasteiger partial charge in [-0.2, -0.15) is 0 Å². The predicted molar refractivity (Wildman–Crippen MR) is 135 cm³/mol. The molecular formula is C26H23N7O3. The Morgan fingerprint density at radius 3 is 2.61 bits per heavy atom. The third kappa shape index (κ3) is 3.98. The SMILES string of the molecule is CC(=O)Cc1cccc2nc([C@H](C)NC(=O)c3c(N)nn4cccnc34)n(-c3ccccc3)c(=O)c12. The van der Waals surface area contributed by atoms with Gasteiger partial charge in [0, 0.05) is 18.8 Å². The normalized spacial score (nSPS) is 12.1. The number of anilines is 1. The van der Waals surface area contributed by atoms with E-state index in [1.165, 1.54) is 16.0 Å². The number of hydrogen-bond acceptors (Lipinski definition) is 7. The van der Waals surface area contributed by atoms with Gasteiger partial charge in [0.05, 0.1) is 22.6 Å². The van der Waals surface area contributed by atoms with E-state index in [4.69, 9.17) is 10.7 Å². The van der Waals surface area contributed by atoms with Crippen LogP contribution in [0.25, 0.3) is 22.2 Å². The fourth-order valence-electron chi connectivity index (χ4n) is 4.30. The van der Waals surface area contributed by atoms with Crippen molar-refractivity contribution in [2.75, 3.05) is 5.73 Å². The topological polar surface area (TPSA) is 137 Å². The fourth-order valence-corrected chi connectivity index (χ4v) is 4.30. The second-order valence-electron chi connectivity index (χ2n) is 8.48. The maximum Gasteiger partial charge on any atom is 0.266 e. The Morgan fingerprint density at radius 1 is 1.08 bits per heavy atom. The summed E-state index contributed by atoms with van der Waals surface area (Å²) in [5.41, 5.74) is 7.79. The van der Waals surface area contributed by atoms with Crippen molar-refractivity contribution in [2.45, 2.75) is 26.3 Å². The molecule has 0 aliphatic carbocycles. The van der Waals surface area contributed by atoms with E-state index < -0.39 is 11.9 Å². The van der Waals surface area contributed by atoms with Crippen LogP contribution in [-0.4, -0.2) is 35.8 Å². The van der Waals surface area contributed by atoms with E-state index in [9.17, 15) is 14.4 Å². The van der Waals surface area contributed by atoms with Crippen LogP contribution < -0.4 is 16.6 Å². The van der Waals surface area contributed by atoms with Crippen LogP contribution in [0.15, 0.2) is 71.8 Å². The number of nitrogens with two attached hydrogens (primary N) is 1. The first kappa shape index (κ1) is 22.9. The molecule has 3 N–H and O–H groups in total. The number of nitrogens with zero attached hydrogens (tertiary/aromatic N) is 5. The number of carbonyl (C=O) groups excluding carboxylic acids is 2. The number of ketones is 1. The molecule has 36 heavy (non-hydrogen) atoms. The summed E-state index contributed by atoms with van der Waals surface area (Å²) in [7, 11) is 0. The molecule has 10 nitrogen and oxygen atoms in total. The first-order valence-electron chi connectivity index (χ1n) is 11.3. The van der Waals surface area contributed by atoms with E-state index in [0.717, 1.165) is 0 Å². The monoisotopic (exact) mass is 481 g/mol. The molecule has 0 aliphatic heterocycles. The van der Waals surface area contributed by atoms with E-state index in [1.807, 2.05) is 18.2 Å². The van der Waals surface area contributed by atoms with Gasteiger partial charge in [0.15, 0.2) is 11.5 Å². The highest BCUT2D eigenvalue weighted by molar-refractivity contribution is 6.04. The molecule has 0 fully saturated rings. The van der Waals surface area contributed by atoms with Crippen LogP contribution in [0.4, 0.5) is 5.82 Å². The average Bonchev–Trinajstić information content (AvgIpc) is 3.19. The van der Waals surface area contributed by atoms with Gasteiger partial charge < -0.3 is 11.1 Å². The molecule has 3 heterocycles. The average molecular weight is 482 g/mol. The minimum absolute atomic E-state index is 0.0409. The van der Waals surface area contributed by atoms with Crippen molar-refractivity contribution < 1.29 is 9.59 Å². The quantitative estimate of drug-likeness (QED) is 0.380. The Kier molecular flexibility index (Phi) is 5.77. The second-order valence-corrected chi connectivity index (χ2v) is 8.48. The van der Waals surface area contributed by atoms with Gasteiger partial charge in [0.1, 0.15) is 17.2 Å². The smallest absolute Gasteiger partial charge is 0.266 e. The molecule has 0 saturated carbocycles. The number of amides is 1. The third-order valence-electron chi connectivity index (χ3n) is 5.85. The zero-order valence-corrected chi connectivity index (χ0v) is 19.7. The maximum atomic E-state index is 13.9. The number of fused-ring (bicyclic) bond motifs is 2. The Morgan fingerprint density at radius 2 is 1.86 bits per heavy atom. The first-order chi connectivity index (χ1) is 17.3. The van der Waals surface area contributed by atoms with Gasteiger partial charge in [-0.25, -0.2) is 14.5 Å². The molecule has 1 atom stereocenters. The highest BCUT2D eigenvalue weighted by atomic mass is 16.2. The van der Waals surface area contributed by atoms with E-state index in [-0.39, 0.29) is 29.1 Å². The Balaban J connectivity index is 1.65. The van der Waals surface area contributed by atoms with Crippen molar-refractivity contribution >= 4 is 34.1 Å². The number of hydrogen-bond donors (Lipinski definition) is 2. The van der Waals surface area contributed by atoms with Crippen LogP contribution in [0, 0.1) is 0 Å². The number of carbonyl (C=O) groups is 2. The summed E-state index contributed by atoms with van der Waals surface area (Å²) in [5.74, 6) is -0.181. The number of Topliss-reactive ketones (excluding diaryl/α,β-unsaturated/α-hetero) is 1. The van der Waals surface area contributed by atoms with Crippen LogP contribution in [-0.2, 0) is 11.2 Å². The number of benzene rings is 2. The van der Waals surface area contributed by atoms with Crippen molar-refractivity contribution in [1.29, 1.82) is 0 Å². The number of rotatable bonds is 6. The lowest BCUT2D eigenvalue weighted by atomic mass is 10.0. The van der Waals surface area contributed by atoms with E-state index in [1.54, 1.807) is 55.7 Å². The van der Waals surface area contributed by atoms with Gasteiger partial charge in [0.2, 0.25) is 0 Å². The van der Waals surface area contributed by atoms with Gasteiger partial charge in [0.25, 0.3) is 11.5 Å². The molecule has 0 spiro atoms. The minimum atomic E-state index is -0.690. The van der Waals surface area contributed by atoms with Crippen molar-refractivity contribution in [3.8, 4) is 5.69 Å². The molecule has 0 saturated heterocycles. The zero-order valence-electron chi connectivity index (χ0n) is 19.7. The van der Waals surface area contributed by atoms with Crippen molar-refractivity contribution in [1.82, 2.24) is 29.5 Å². The zero-order chi connectivity index (χ0) is 25.4. The van der Waals surface area contributed by atoms with E-state index >= 15 is 0 Å². The summed E-state index contributed by atoms with van der Waals surface area (Å²) >= 11 is 0. The maximum absolute atomic E-state index is 13.9. The first-order valence-corrected chi connectivity index (χ1v) is 11.3. The molecule has 0 bridgehead atoms. The van der Waals surface area contributed by atoms with Crippen LogP contribution in [0.1, 0.15) is 41.6 Å². The highest BCUT2D eigenvalue weighted by Crippen LogP contribution is 2.22. The third-order valence-corrected chi connectivity index (χ3v) is 5.85. The molecule has 2 aromatic carbocycles. The molecule has 3 aromatic heterocycles. The van der Waals surface area contributed by atoms with E-state index in [2.05, 4.69) is 15.4 Å². The summed E-state index contributed by atoms with van der Waals surface area (Å²) < 4.78 is 2.90. The molecule has 0 aliphatic rings. The predicted octanol–water partition coefficient (Wildman–Crippen LogP) is 2.63. The Hall–Kier alpha value is -4.86. The van der Waals surface area contributed by atoms with Gasteiger partial charge in [-0.15, -0.1) is 5.10 Å². The fraction of sp³-hybridized carbons (Fsp3) is 0.154. The van der Waals surface area contributed by atoms with Gasteiger partial charge >= 0.3 is 0 Å². The summed E-state index contributed by atoms with van der Waals surface area (Å²) in [4.78, 5) is 48.0. The number of nitrogen functional groups attached to an aromatic ring is 1. The van der Waals surface area contributed by atoms with Crippen LogP contribution >= 0.6 is 0 Å². The largest absolute Gasteiger partial charge is 0.381 e. The van der Waals surface area contributed by atoms with Crippen molar-refractivity contribution in [2.24, 2.45) is 0 Å². The molecular weight excluding hydrogens is 458 g/mol. The number of para-hydroxylation sites is 1. The van der Waals surface area contributed by atoms with Gasteiger partial charge in [-0.05, 0) is 43.7 Å². The molecule has 10 heteroatoms. The molecule has 1 amide bonds. The lowest BCUT2D eigenvalue weighted by Crippen LogP contribution is -2.33. The second kappa shape index (κ2) is 9.06. The number of nitrogens with one attached hydrogen (secondary N) is 1. The summed E-state index contributed by atoms with van der Waals surface area (Å²) in [6.45, 7) is 3.22. The Labute approximate surface area is 205 Å². The lowest BCUT2D eigenvalue weighted by molar-refractivity contribution is -0.116. The van der Waals surface area contributed by atoms with Gasteiger partial charge in [-0.3, -0.25) is 19.0 Å². The minimum Gasteiger partial charge on any atom is -0.381 e. The van der Waals surface area contributed by atoms with Crippen LogP contribution in [0.3, 0.4) is 0 Å². The molecule has 0 radical (unpaired) electrons. The Bertz CT molecular complexity index is 1690. The van der Waals surface area contributed by atoms with Crippen LogP contribution in [0.5, 0.6) is 0 Å². The van der Waals surface area contributed by atoms with Gasteiger partial charge in [-0.1, -0.05) is 30.3 Å². The lowest BCUT2D eigenvalue weighted by Gasteiger charge is -2.20. The summed E-state index contributed by atoms with van der Waals surface area (Å²) in [6, 6.07) is 15.3. The van der Waals surface area contributed by atoms with Crippen molar-refractivity contribution in [3.05, 3.63) is 94.3 Å². The summed E-state index contributed by atoms with van der Waals surface area (Å²) in [6.07, 6.45) is 3.32.